The van der Waals surface area contributed by atoms with Gasteiger partial charge in [0.1, 0.15) is 0 Å². The first-order chi connectivity index (χ1) is 9.13. The van der Waals surface area contributed by atoms with Crippen molar-refractivity contribution in [2.45, 2.75) is 45.1 Å². The van der Waals surface area contributed by atoms with E-state index in [1.54, 1.807) is 6.07 Å². The molecule has 0 saturated carbocycles. The zero-order valence-electron chi connectivity index (χ0n) is 11.1. The van der Waals surface area contributed by atoms with Gasteiger partial charge in [-0.15, -0.1) is 0 Å². The number of hydrogen-bond acceptors (Lipinski definition) is 3. The van der Waals surface area contributed by atoms with Gasteiger partial charge < -0.3 is 4.90 Å². The highest BCUT2D eigenvalue weighted by atomic mass is 127. The lowest BCUT2D eigenvalue weighted by molar-refractivity contribution is -0.385. The minimum absolute atomic E-state index is 0.202. The molecule has 4 nitrogen and oxygen atoms in total. The predicted octanol–water partition coefficient (Wildman–Crippen LogP) is 4.36. The Morgan fingerprint density at radius 2 is 2.26 bits per heavy atom. The Morgan fingerprint density at radius 1 is 1.47 bits per heavy atom. The van der Waals surface area contributed by atoms with Gasteiger partial charge in [0.25, 0.3) is 5.69 Å². The molecule has 0 amide bonds. The highest BCUT2D eigenvalue weighted by Gasteiger charge is 2.23. The van der Waals surface area contributed by atoms with Crippen LogP contribution in [0, 0.1) is 13.7 Å². The van der Waals surface area contributed by atoms with E-state index in [9.17, 15) is 10.1 Å². The molecule has 0 N–H and O–H groups in total. The van der Waals surface area contributed by atoms with Crippen LogP contribution in [0.15, 0.2) is 18.2 Å². The monoisotopic (exact) mass is 374 g/mol. The van der Waals surface area contributed by atoms with Crippen molar-refractivity contribution in [1.29, 1.82) is 0 Å². The molecule has 1 fully saturated rings. The quantitative estimate of drug-likeness (QED) is 0.447. The van der Waals surface area contributed by atoms with E-state index >= 15 is 0 Å². The van der Waals surface area contributed by atoms with Crippen LogP contribution in [-0.4, -0.2) is 17.5 Å². The fourth-order valence-electron chi connectivity index (χ4n) is 2.80. The Morgan fingerprint density at radius 3 is 2.89 bits per heavy atom. The fourth-order valence-corrected chi connectivity index (χ4v) is 3.49. The first kappa shape index (κ1) is 14.6. The molecule has 2 rings (SSSR count). The second-order valence-electron chi connectivity index (χ2n) is 5.02. The zero-order valence-corrected chi connectivity index (χ0v) is 13.3. The van der Waals surface area contributed by atoms with Crippen LogP contribution in [0.1, 0.15) is 39.0 Å². The maximum Gasteiger partial charge on any atom is 0.282 e. The van der Waals surface area contributed by atoms with Gasteiger partial charge in [-0.05, 0) is 60.4 Å². The topological polar surface area (TPSA) is 46.4 Å². The van der Waals surface area contributed by atoms with Gasteiger partial charge in [0.05, 0.1) is 8.49 Å². The summed E-state index contributed by atoms with van der Waals surface area (Å²) >= 11 is 2.06. The summed E-state index contributed by atoms with van der Waals surface area (Å²) in [5, 5.41) is 10.9. The van der Waals surface area contributed by atoms with E-state index in [-0.39, 0.29) is 10.6 Å². The fraction of sp³-hybridized carbons (Fsp3) is 0.571. The Hall–Kier alpha value is -0.850. The Bertz CT molecular complexity index is 463. The average molecular weight is 374 g/mol. The van der Waals surface area contributed by atoms with Crippen molar-refractivity contribution in [3.63, 3.8) is 0 Å². The molecule has 0 bridgehead atoms. The maximum atomic E-state index is 10.9. The van der Waals surface area contributed by atoms with Crippen molar-refractivity contribution in [2.75, 3.05) is 11.4 Å². The summed E-state index contributed by atoms with van der Waals surface area (Å²) < 4.78 is 0.723. The van der Waals surface area contributed by atoms with Gasteiger partial charge in [0, 0.05) is 24.3 Å². The third kappa shape index (κ3) is 3.38. The van der Waals surface area contributed by atoms with Crippen LogP contribution in [0.25, 0.3) is 0 Å². The number of nitro groups is 1. The molecule has 0 aliphatic carbocycles. The summed E-state index contributed by atoms with van der Waals surface area (Å²) in [6, 6.07) is 6.08. The van der Waals surface area contributed by atoms with E-state index < -0.39 is 0 Å². The average Bonchev–Trinajstić information content (AvgIpc) is 2.39. The maximum absolute atomic E-state index is 10.9. The van der Waals surface area contributed by atoms with Gasteiger partial charge in [0.15, 0.2) is 0 Å². The molecule has 0 spiro atoms. The molecular weight excluding hydrogens is 355 g/mol. The summed E-state index contributed by atoms with van der Waals surface area (Å²) in [5.41, 5.74) is 1.33. The molecule has 5 heteroatoms. The van der Waals surface area contributed by atoms with E-state index in [1.807, 2.05) is 12.1 Å². The van der Waals surface area contributed by atoms with Gasteiger partial charge in [0.2, 0.25) is 0 Å². The number of nitrogens with zero attached hydrogens (tertiary/aromatic N) is 2. The Labute approximate surface area is 127 Å². The van der Waals surface area contributed by atoms with Gasteiger partial charge in [-0.2, -0.15) is 0 Å². The molecule has 1 aliphatic heterocycles. The van der Waals surface area contributed by atoms with Crippen LogP contribution in [-0.2, 0) is 0 Å². The van der Waals surface area contributed by atoms with Crippen LogP contribution in [0.5, 0.6) is 0 Å². The summed E-state index contributed by atoms with van der Waals surface area (Å²) in [6.07, 6.45) is 6.14. The van der Waals surface area contributed by atoms with Gasteiger partial charge in [-0.3, -0.25) is 10.1 Å². The number of benzene rings is 1. The smallest absolute Gasteiger partial charge is 0.282 e. The molecule has 0 aromatic heterocycles. The van der Waals surface area contributed by atoms with E-state index in [0.29, 0.717) is 6.04 Å². The third-order valence-corrected chi connectivity index (χ3v) is 4.57. The second-order valence-corrected chi connectivity index (χ2v) is 6.19. The van der Waals surface area contributed by atoms with Crippen LogP contribution >= 0.6 is 22.6 Å². The van der Waals surface area contributed by atoms with E-state index in [2.05, 4.69) is 34.4 Å². The van der Waals surface area contributed by atoms with Crippen LogP contribution in [0.3, 0.4) is 0 Å². The highest BCUT2D eigenvalue weighted by molar-refractivity contribution is 14.1. The number of rotatable bonds is 4. The second kappa shape index (κ2) is 6.54. The molecule has 1 aromatic carbocycles. The molecule has 19 heavy (non-hydrogen) atoms. The molecule has 104 valence electrons. The standard InChI is InChI=1S/C14H19IN2O2/c1-2-5-11-6-3-4-9-16(11)12-7-8-14(17(18)19)13(15)10-12/h7-8,10-11H,2-6,9H2,1H3. The minimum atomic E-state index is -0.314. The van der Waals surface area contributed by atoms with Crippen molar-refractivity contribution in [3.05, 3.63) is 31.9 Å². The van der Waals surface area contributed by atoms with Crippen LogP contribution in [0.4, 0.5) is 11.4 Å². The Kier molecular flexibility index (Phi) is 5.01. The summed E-state index contributed by atoms with van der Waals surface area (Å²) in [7, 11) is 0. The number of anilines is 1. The zero-order chi connectivity index (χ0) is 13.8. The predicted molar refractivity (Wildman–Crippen MR) is 85.7 cm³/mol. The summed E-state index contributed by atoms with van der Waals surface area (Å²) in [6.45, 7) is 3.28. The first-order valence-electron chi connectivity index (χ1n) is 6.84. The van der Waals surface area contributed by atoms with Gasteiger partial charge in [-0.25, -0.2) is 0 Å². The number of hydrogen-bond donors (Lipinski definition) is 0. The molecule has 1 atom stereocenters. The summed E-state index contributed by atoms with van der Waals surface area (Å²) in [5.74, 6) is 0. The lowest BCUT2D eigenvalue weighted by atomic mass is 9.97. The number of halogens is 1. The molecule has 1 unspecified atom stereocenters. The SMILES string of the molecule is CCCC1CCCCN1c1ccc([N+](=O)[O-])c(I)c1. The molecule has 1 saturated heterocycles. The van der Waals surface area contributed by atoms with Gasteiger partial charge in [-0.1, -0.05) is 13.3 Å². The molecule has 1 aromatic rings. The van der Waals surface area contributed by atoms with Crippen molar-refractivity contribution in [1.82, 2.24) is 0 Å². The lowest BCUT2D eigenvalue weighted by Crippen LogP contribution is -2.39. The minimum Gasteiger partial charge on any atom is -0.369 e. The van der Waals surface area contributed by atoms with Crippen molar-refractivity contribution in [2.24, 2.45) is 0 Å². The van der Waals surface area contributed by atoms with Crippen LogP contribution < -0.4 is 4.90 Å². The highest BCUT2D eigenvalue weighted by Crippen LogP contribution is 2.31. The number of piperidine rings is 1. The summed E-state index contributed by atoms with van der Waals surface area (Å²) in [4.78, 5) is 13.0. The van der Waals surface area contributed by atoms with E-state index in [4.69, 9.17) is 0 Å². The first-order valence-corrected chi connectivity index (χ1v) is 7.92. The molecular formula is C14H19IN2O2. The lowest BCUT2D eigenvalue weighted by Gasteiger charge is -2.37. The van der Waals surface area contributed by atoms with Gasteiger partial charge >= 0.3 is 0 Å². The van der Waals surface area contributed by atoms with Crippen molar-refractivity contribution >= 4 is 34.0 Å². The van der Waals surface area contributed by atoms with Crippen molar-refractivity contribution in [3.8, 4) is 0 Å². The van der Waals surface area contributed by atoms with Crippen LogP contribution in [0.2, 0.25) is 0 Å². The largest absolute Gasteiger partial charge is 0.369 e. The molecule has 0 radical (unpaired) electrons. The molecule has 1 aliphatic rings. The van der Waals surface area contributed by atoms with E-state index in [1.165, 1.54) is 32.1 Å². The third-order valence-electron chi connectivity index (χ3n) is 3.71. The van der Waals surface area contributed by atoms with Crippen molar-refractivity contribution < 1.29 is 4.92 Å². The normalized spacial score (nSPS) is 19.5. The molecule has 1 heterocycles. The Balaban J connectivity index is 2.24. The van der Waals surface area contributed by atoms with E-state index in [0.717, 1.165) is 15.8 Å². The number of nitro benzene ring substituents is 1.